The third kappa shape index (κ3) is 1.48. The van der Waals surface area contributed by atoms with Crippen LogP contribution in [0.15, 0.2) is 0 Å². The molecule has 1 N–H and O–H groups in total. The van der Waals surface area contributed by atoms with Crippen LogP contribution >= 0.6 is 0 Å². The number of halogens is 1. The van der Waals surface area contributed by atoms with Gasteiger partial charge in [0.1, 0.15) is 0 Å². The fraction of sp³-hybridized carbons (Fsp3) is 0.500. The predicted octanol–water partition coefficient (Wildman–Crippen LogP) is -0.695. The number of hydrogen-bond acceptors (Lipinski definition) is 4. The number of rotatable bonds is 2. The van der Waals surface area contributed by atoms with Gasteiger partial charge >= 0.3 is 5.97 Å². The molecule has 0 aliphatic rings. The molecule has 1 heterocycles. The molecule has 1 aromatic rings. The van der Waals surface area contributed by atoms with Gasteiger partial charge < -0.3 is 5.11 Å². The summed E-state index contributed by atoms with van der Waals surface area (Å²) >= 11 is 0. The van der Waals surface area contributed by atoms with Crippen LogP contribution in [0.4, 0.5) is 4.39 Å². The van der Waals surface area contributed by atoms with Crippen LogP contribution in [0.2, 0.25) is 0 Å². The average molecular weight is 160 g/mol. The van der Waals surface area contributed by atoms with Gasteiger partial charge in [-0.1, -0.05) is 0 Å². The van der Waals surface area contributed by atoms with Crippen LogP contribution in [0, 0.1) is 0 Å². The summed E-state index contributed by atoms with van der Waals surface area (Å²) in [6, 6.07) is 0. The van der Waals surface area contributed by atoms with E-state index in [4.69, 9.17) is 5.11 Å². The normalized spacial score (nSPS) is 12.9. The summed E-state index contributed by atoms with van der Waals surface area (Å²) in [7, 11) is 1.42. The van der Waals surface area contributed by atoms with Crippen molar-refractivity contribution >= 4 is 5.97 Å². The average Bonchev–Trinajstić information content (AvgIpc) is 2.34. The zero-order valence-corrected chi connectivity index (χ0v) is 5.60. The van der Waals surface area contributed by atoms with Crippen LogP contribution in [0.5, 0.6) is 0 Å². The van der Waals surface area contributed by atoms with E-state index >= 15 is 0 Å². The molecule has 0 fully saturated rings. The Morgan fingerprint density at radius 2 is 2.45 bits per heavy atom. The van der Waals surface area contributed by atoms with E-state index in [1.165, 1.54) is 7.05 Å². The number of carboxylic acids is 1. The number of aromatic nitrogens is 4. The highest BCUT2D eigenvalue weighted by Gasteiger charge is 2.23. The Kier molecular flexibility index (Phi) is 1.79. The van der Waals surface area contributed by atoms with Gasteiger partial charge in [-0.15, -0.1) is 10.2 Å². The number of nitrogens with zero attached hydrogens (tertiary/aromatic N) is 4. The van der Waals surface area contributed by atoms with Gasteiger partial charge in [0.2, 0.25) is 5.82 Å². The van der Waals surface area contributed by atoms with Gasteiger partial charge in [0.25, 0.3) is 6.17 Å². The largest absolute Gasteiger partial charge is 0.479 e. The van der Waals surface area contributed by atoms with Crippen LogP contribution in [0.3, 0.4) is 0 Å². The van der Waals surface area contributed by atoms with Crippen LogP contribution in [-0.4, -0.2) is 31.3 Å². The molecular weight excluding hydrogens is 155 g/mol. The molecule has 60 valence electrons. The van der Waals surface area contributed by atoms with E-state index in [-0.39, 0.29) is 0 Å². The Labute approximate surface area is 60.6 Å². The molecule has 7 heteroatoms. The monoisotopic (exact) mass is 160 g/mol. The number of aliphatic carboxylic acids is 1. The van der Waals surface area contributed by atoms with Crippen molar-refractivity contribution in [3.63, 3.8) is 0 Å². The minimum Gasteiger partial charge on any atom is -0.479 e. The van der Waals surface area contributed by atoms with E-state index in [2.05, 4.69) is 15.4 Å². The van der Waals surface area contributed by atoms with Gasteiger partial charge in [-0.05, 0) is 5.21 Å². The minimum atomic E-state index is -2.19. The molecule has 6 nitrogen and oxygen atoms in total. The van der Waals surface area contributed by atoms with Crippen LogP contribution in [0.25, 0.3) is 0 Å². The second-order valence-corrected chi connectivity index (χ2v) is 1.84. The van der Waals surface area contributed by atoms with Crippen molar-refractivity contribution in [1.29, 1.82) is 0 Å². The highest BCUT2D eigenvalue weighted by molar-refractivity contribution is 5.72. The topological polar surface area (TPSA) is 80.9 Å². The number of tetrazole rings is 1. The molecule has 1 rings (SSSR count). The van der Waals surface area contributed by atoms with Gasteiger partial charge in [-0.25, -0.2) is 9.18 Å². The lowest BCUT2D eigenvalue weighted by molar-refractivity contribution is -0.143. The molecule has 0 spiro atoms. The van der Waals surface area contributed by atoms with Crippen molar-refractivity contribution in [1.82, 2.24) is 20.2 Å². The van der Waals surface area contributed by atoms with E-state index in [0.29, 0.717) is 0 Å². The zero-order valence-electron chi connectivity index (χ0n) is 5.60. The minimum absolute atomic E-state index is 0.431. The molecule has 11 heavy (non-hydrogen) atoms. The Morgan fingerprint density at radius 1 is 1.82 bits per heavy atom. The van der Waals surface area contributed by atoms with E-state index in [0.717, 1.165) is 4.80 Å². The fourth-order valence-electron chi connectivity index (χ4n) is 0.511. The maximum Gasteiger partial charge on any atom is 0.346 e. The Morgan fingerprint density at radius 3 is 2.82 bits per heavy atom. The van der Waals surface area contributed by atoms with Crippen molar-refractivity contribution in [3.05, 3.63) is 5.82 Å². The molecular formula is C4H5FN4O2. The number of carboxylic acid groups (broad SMARTS) is 1. The summed E-state index contributed by atoms with van der Waals surface area (Å²) < 4.78 is 12.5. The quantitative estimate of drug-likeness (QED) is 0.619. The highest BCUT2D eigenvalue weighted by atomic mass is 19.1. The summed E-state index contributed by atoms with van der Waals surface area (Å²) in [5.74, 6) is -2.04. The van der Waals surface area contributed by atoms with E-state index in [1.54, 1.807) is 0 Å². The first-order valence-electron chi connectivity index (χ1n) is 2.72. The van der Waals surface area contributed by atoms with Crippen LogP contribution in [-0.2, 0) is 11.8 Å². The Balaban J connectivity index is 2.84. The second kappa shape index (κ2) is 2.60. The summed E-state index contributed by atoms with van der Waals surface area (Å²) in [6.45, 7) is 0. The highest BCUT2D eigenvalue weighted by Crippen LogP contribution is 2.10. The molecule has 0 radical (unpaired) electrons. The van der Waals surface area contributed by atoms with E-state index in [9.17, 15) is 9.18 Å². The summed E-state index contributed by atoms with van der Waals surface area (Å²) in [6.07, 6.45) is -2.19. The third-order valence-corrected chi connectivity index (χ3v) is 0.967. The zero-order chi connectivity index (χ0) is 8.43. The molecule has 0 amide bonds. The van der Waals surface area contributed by atoms with Crippen molar-refractivity contribution in [2.75, 3.05) is 0 Å². The summed E-state index contributed by atoms with van der Waals surface area (Å²) in [4.78, 5) is 11.0. The molecule has 1 unspecified atom stereocenters. The molecule has 0 aliphatic heterocycles. The first-order valence-corrected chi connectivity index (χ1v) is 2.72. The molecule has 0 bridgehead atoms. The van der Waals surface area contributed by atoms with Gasteiger partial charge in [-0.2, -0.15) is 4.80 Å². The second-order valence-electron chi connectivity index (χ2n) is 1.84. The molecule has 0 saturated heterocycles. The molecule has 1 atom stereocenters. The number of hydrogen-bond donors (Lipinski definition) is 1. The molecule has 0 aliphatic carbocycles. The molecule has 0 saturated carbocycles. The van der Waals surface area contributed by atoms with Crippen molar-refractivity contribution in [2.24, 2.45) is 7.05 Å². The van der Waals surface area contributed by atoms with Crippen molar-refractivity contribution in [2.45, 2.75) is 6.17 Å². The summed E-state index contributed by atoms with van der Waals surface area (Å²) in [5.41, 5.74) is 0. The van der Waals surface area contributed by atoms with Crippen molar-refractivity contribution < 1.29 is 14.3 Å². The number of aryl methyl sites for hydroxylation is 1. The van der Waals surface area contributed by atoms with Gasteiger partial charge in [-0.3, -0.25) is 0 Å². The third-order valence-electron chi connectivity index (χ3n) is 0.967. The summed E-state index contributed by atoms with van der Waals surface area (Å²) in [5, 5.41) is 18.0. The maximum atomic E-state index is 12.5. The number of alkyl halides is 1. The van der Waals surface area contributed by atoms with E-state index < -0.39 is 18.0 Å². The van der Waals surface area contributed by atoms with Gasteiger partial charge in [0, 0.05) is 0 Å². The smallest absolute Gasteiger partial charge is 0.346 e. The van der Waals surface area contributed by atoms with Gasteiger partial charge in [0.15, 0.2) is 0 Å². The predicted molar refractivity (Wildman–Crippen MR) is 30.3 cm³/mol. The van der Waals surface area contributed by atoms with Gasteiger partial charge in [0.05, 0.1) is 7.05 Å². The SMILES string of the molecule is Cn1nnc(C(F)C(=O)O)n1. The number of carbonyl (C=O) groups is 1. The van der Waals surface area contributed by atoms with E-state index in [1.807, 2.05) is 0 Å². The lowest BCUT2D eigenvalue weighted by Crippen LogP contribution is -2.08. The standard InChI is InChI=1S/C4H5FN4O2/c1-9-7-3(6-8-9)2(5)4(10)11/h2H,1H3,(H,10,11). The lowest BCUT2D eigenvalue weighted by Gasteiger charge is -1.92. The fourth-order valence-corrected chi connectivity index (χ4v) is 0.511. The molecule has 0 aromatic carbocycles. The maximum absolute atomic E-state index is 12.5. The lowest BCUT2D eigenvalue weighted by atomic mass is 10.4. The van der Waals surface area contributed by atoms with Crippen LogP contribution < -0.4 is 0 Å². The Bertz CT molecular complexity index is 273. The Hall–Kier alpha value is -1.53. The van der Waals surface area contributed by atoms with Crippen LogP contribution in [0.1, 0.15) is 12.0 Å². The molecule has 1 aromatic heterocycles. The first kappa shape index (κ1) is 7.58. The van der Waals surface area contributed by atoms with Crippen molar-refractivity contribution in [3.8, 4) is 0 Å². The first-order chi connectivity index (χ1) is 5.11.